The first-order valence-corrected chi connectivity index (χ1v) is 4.61. The second-order valence-corrected chi connectivity index (χ2v) is 3.01. The van der Waals surface area contributed by atoms with E-state index in [4.69, 9.17) is 4.74 Å². The fraction of sp³-hybridized carbons (Fsp3) is 0.364. The van der Waals surface area contributed by atoms with E-state index in [0.29, 0.717) is 17.7 Å². The summed E-state index contributed by atoms with van der Waals surface area (Å²) in [4.78, 5) is 13.4. The topological polar surface area (TPSA) is 38.7 Å². The van der Waals surface area contributed by atoms with Crippen molar-refractivity contribution >= 4 is 6.08 Å². The van der Waals surface area contributed by atoms with Crippen LogP contribution in [0.15, 0.2) is 17.1 Å². The smallest absolute Gasteiger partial charge is 0.235 e. The average Bonchev–Trinajstić information content (AvgIpc) is 2.25. The monoisotopic (exact) mass is 209 g/mol. The van der Waals surface area contributed by atoms with E-state index < -0.39 is 0 Å². The zero-order valence-corrected chi connectivity index (χ0v) is 8.71. The molecule has 0 aliphatic heterocycles. The van der Waals surface area contributed by atoms with Gasteiger partial charge in [0.15, 0.2) is 0 Å². The SMILES string of the molecule is CCc1c(CN=C=O)cc(F)cc1OC. The highest BCUT2D eigenvalue weighted by molar-refractivity contribution is 5.42. The van der Waals surface area contributed by atoms with Crippen molar-refractivity contribution in [1.82, 2.24) is 0 Å². The van der Waals surface area contributed by atoms with Crippen LogP contribution in [0.5, 0.6) is 5.75 Å². The molecule has 0 radical (unpaired) electrons. The lowest BCUT2D eigenvalue weighted by Crippen LogP contribution is -1.98. The molecule has 0 bridgehead atoms. The minimum Gasteiger partial charge on any atom is -0.496 e. The first-order valence-electron chi connectivity index (χ1n) is 4.61. The lowest BCUT2D eigenvalue weighted by Gasteiger charge is -2.10. The van der Waals surface area contributed by atoms with Gasteiger partial charge in [-0.1, -0.05) is 6.92 Å². The number of hydrogen-bond acceptors (Lipinski definition) is 3. The Morgan fingerprint density at radius 1 is 1.53 bits per heavy atom. The molecular weight excluding hydrogens is 197 g/mol. The molecule has 0 saturated heterocycles. The first kappa shape index (κ1) is 11.4. The summed E-state index contributed by atoms with van der Waals surface area (Å²) in [6.07, 6.45) is 2.14. The molecule has 0 spiro atoms. The van der Waals surface area contributed by atoms with Crippen LogP contribution in [0, 0.1) is 5.82 Å². The Morgan fingerprint density at radius 3 is 2.80 bits per heavy atom. The third kappa shape index (κ3) is 2.64. The number of halogens is 1. The summed E-state index contributed by atoms with van der Waals surface area (Å²) >= 11 is 0. The molecule has 4 heteroatoms. The number of isocyanates is 1. The van der Waals surface area contributed by atoms with Gasteiger partial charge in [0.2, 0.25) is 6.08 Å². The lowest BCUT2D eigenvalue weighted by atomic mass is 10.0. The standard InChI is InChI=1S/C11H12FNO2/c1-3-10-8(6-13-7-14)4-9(12)5-11(10)15-2/h4-5H,3,6H2,1-2H3. The Hall–Kier alpha value is -1.67. The van der Waals surface area contributed by atoms with E-state index in [1.807, 2.05) is 6.92 Å². The van der Waals surface area contributed by atoms with Crippen molar-refractivity contribution in [3.05, 3.63) is 29.1 Å². The third-order valence-corrected chi connectivity index (χ3v) is 2.15. The Morgan fingerprint density at radius 2 is 2.27 bits per heavy atom. The highest BCUT2D eigenvalue weighted by Crippen LogP contribution is 2.25. The lowest BCUT2D eigenvalue weighted by molar-refractivity contribution is 0.405. The van der Waals surface area contributed by atoms with Crippen LogP contribution in [-0.2, 0) is 17.8 Å². The Kier molecular flexibility index (Phi) is 4.01. The first-order chi connectivity index (χ1) is 7.22. The summed E-state index contributed by atoms with van der Waals surface area (Å²) in [5.41, 5.74) is 1.54. The molecule has 0 N–H and O–H groups in total. The second-order valence-electron chi connectivity index (χ2n) is 3.01. The second kappa shape index (κ2) is 5.27. The van der Waals surface area contributed by atoms with Crippen molar-refractivity contribution in [3.63, 3.8) is 0 Å². The number of carbonyl (C=O) groups excluding carboxylic acids is 1. The van der Waals surface area contributed by atoms with E-state index in [1.54, 1.807) is 0 Å². The van der Waals surface area contributed by atoms with Crippen molar-refractivity contribution in [2.24, 2.45) is 4.99 Å². The number of ether oxygens (including phenoxy) is 1. The maximum absolute atomic E-state index is 13.1. The molecule has 0 heterocycles. The predicted octanol–water partition coefficient (Wildman–Crippen LogP) is 2.23. The largest absolute Gasteiger partial charge is 0.496 e. The molecule has 1 rings (SSSR count). The van der Waals surface area contributed by atoms with Crippen LogP contribution in [0.4, 0.5) is 4.39 Å². The van der Waals surface area contributed by atoms with Gasteiger partial charge in [-0.15, -0.1) is 0 Å². The maximum atomic E-state index is 13.1. The van der Waals surface area contributed by atoms with E-state index in [2.05, 4.69) is 4.99 Å². The summed E-state index contributed by atoms with van der Waals surface area (Å²) in [6, 6.07) is 2.69. The summed E-state index contributed by atoms with van der Waals surface area (Å²) < 4.78 is 18.2. The van der Waals surface area contributed by atoms with Crippen molar-refractivity contribution in [1.29, 1.82) is 0 Å². The Balaban J connectivity index is 3.21. The van der Waals surface area contributed by atoms with Crippen LogP contribution in [0.1, 0.15) is 18.1 Å². The Bertz CT molecular complexity index is 398. The van der Waals surface area contributed by atoms with E-state index in [0.717, 1.165) is 5.56 Å². The van der Waals surface area contributed by atoms with E-state index in [9.17, 15) is 9.18 Å². The minimum atomic E-state index is -0.389. The molecule has 0 saturated carbocycles. The van der Waals surface area contributed by atoms with E-state index >= 15 is 0 Å². The molecule has 1 aromatic rings. The van der Waals surface area contributed by atoms with E-state index in [1.165, 1.54) is 25.3 Å². The Labute approximate surface area is 87.6 Å². The maximum Gasteiger partial charge on any atom is 0.235 e. The minimum absolute atomic E-state index is 0.140. The molecule has 0 aromatic heterocycles. The number of aliphatic imine (C=N–C) groups is 1. The third-order valence-electron chi connectivity index (χ3n) is 2.15. The molecular formula is C11H12FNO2. The molecule has 0 unspecified atom stereocenters. The normalized spacial score (nSPS) is 9.53. The molecule has 80 valence electrons. The average molecular weight is 209 g/mol. The van der Waals surface area contributed by atoms with Gasteiger partial charge in [-0.2, -0.15) is 0 Å². The fourth-order valence-electron chi connectivity index (χ4n) is 1.51. The summed E-state index contributed by atoms with van der Waals surface area (Å²) in [5, 5.41) is 0. The van der Waals surface area contributed by atoms with Crippen LogP contribution >= 0.6 is 0 Å². The highest BCUT2D eigenvalue weighted by Gasteiger charge is 2.09. The molecule has 0 atom stereocenters. The summed E-state index contributed by atoms with van der Waals surface area (Å²) in [6.45, 7) is 2.07. The van der Waals surface area contributed by atoms with E-state index in [-0.39, 0.29) is 12.4 Å². The highest BCUT2D eigenvalue weighted by atomic mass is 19.1. The summed E-state index contributed by atoms with van der Waals surface area (Å²) in [7, 11) is 1.49. The van der Waals surface area contributed by atoms with Gasteiger partial charge in [0.1, 0.15) is 11.6 Å². The van der Waals surface area contributed by atoms with Crippen molar-refractivity contribution < 1.29 is 13.9 Å². The van der Waals surface area contributed by atoms with Crippen LogP contribution in [-0.4, -0.2) is 13.2 Å². The van der Waals surface area contributed by atoms with Gasteiger partial charge < -0.3 is 4.74 Å². The van der Waals surface area contributed by atoms with Gasteiger partial charge in [-0.25, -0.2) is 14.2 Å². The molecule has 15 heavy (non-hydrogen) atoms. The molecule has 0 aliphatic carbocycles. The zero-order chi connectivity index (χ0) is 11.3. The van der Waals surface area contributed by atoms with Crippen LogP contribution in [0.3, 0.4) is 0 Å². The molecule has 0 aliphatic rings. The molecule has 3 nitrogen and oxygen atoms in total. The van der Waals surface area contributed by atoms with Crippen molar-refractivity contribution in [2.75, 3.05) is 7.11 Å². The van der Waals surface area contributed by atoms with Gasteiger partial charge in [0.25, 0.3) is 0 Å². The summed E-state index contributed by atoms with van der Waals surface area (Å²) in [5.74, 6) is 0.105. The zero-order valence-electron chi connectivity index (χ0n) is 8.71. The van der Waals surface area contributed by atoms with Gasteiger partial charge >= 0.3 is 0 Å². The number of benzene rings is 1. The van der Waals surface area contributed by atoms with Crippen molar-refractivity contribution in [2.45, 2.75) is 19.9 Å². The van der Waals surface area contributed by atoms with Crippen LogP contribution in [0.2, 0.25) is 0 Å². The molecule has 0 amide bonds. The number of rotatable bonds is 4. The van der Waals surface area contributed by atoms with Gasteiger partial charge in [-0.05, 0) is 23.6 Å². The number of hydrogen-bond donors (Lipinski definition) is 0. The van der Waals surface area contributed by atoms with Crippen LogP contribution in [0.25, 0.3) is 0 Å². The quantitative estimate of drug-likeness (QED) is 0.563. The number of nitrogens with zero attached hydrogens (tertiary/aromatic N) is 1. The number of methoxy groups -OCH3 is 1. The van der Waals surface area contributed by atoms with Gasteiger partial charge in [0.05, 0.1) is 13.7 Å². The van der Waals surface area contributed by atoms with Crippen molar-refractivity contribution in [3.8, 4) is 5.75 Å². The molecule has 0 fully saturated rings. The molecule has 1 aromatic carbocycles. The van der Waals surface area contributed by atoms with Gasteiger partial charge in [0, 0.05) is 6.07 Å². The van der Waals surface area contributed by atoms with Crippen LogP contribution < -0.4 is 4.74 Å². The fourth-order valence-corrected chi connectivity index (χ4v) is 1.51. The predicted molar refractivity (Wildman–Crippen MR) is 54.2 cm³/mol. The van der Waals surface area contributed by atoms with Gasteiger partial charge in [-0.3, -0.25) is 0 Å².